The van der Waals surface area contributed by atoms with Crippen LogP contribution in [-0.4, -0.2) is 29.1 Å². The summed E-state index contributed by atoms with van der Waals surface area (Å²) in [5.41, 5.74) is 2.33. The molecule has 2 aromatic rings. The summed E-state index contributed by atoms with van der Waals surface area (Å²) in [7, 11) is 0. The number of hydrogen-bond donors (Lipinski definition) is 1. The van der Waals surface area contributed by atoms with Gasteiger partial charge in [-0.1, -0.05) is 49.4 Å². The number of benzene rings is 2. The van der Waals surface area contributed by atoms with Gasteiger partial charge in [-0.05, 0) is 29.2 Å². The zero-order chi connectivity index (χ0) is 16.9. The van der Waals surface area contributed by atoms with Crippen LogP contribution in [-0.2, 0) is 17.9 Å². The molecule has 0 amide bonds. The van der Waals surface area contributed by atoms with Crippen molar-refractivity contribution in [2.45, 2.75) is 20.1 Å². The molecule has 2 atom stereocenters. The largest absolute Gasteiger partial charge is 0.489 e. The summed E-state index contributed by atoms with van der Waals surface area (Å²) in [5, 5.41) is 9.21. The van der Waals surface area contributed by atoms with Gasteiger partial charge in [0, 0.05) is 19.6 Å². The van der Waals surface area contributed by atoms with E-state index in [1.165, 1.54) is 5.56 Å². The van der Waals surface area contributed by atoms with E-state index in [-0.39, 0.29) is 11.8 Å². The maximum atomic E-state index is 11.2. The number of rotatable bonds is 6. The second-order valence-corrected chi connectivity index (χ2v) is 6.53. The molecule has 0 radical (unpaired) electrons. The lowest BCUT2D eigenvalue weighted by Gasteiger charge is -2.15. The highest BCUT2D eigenvalue weighted by Gasteiger charge is 2.34. The van der Waals surface area contributed by atoms with Crippen molar-refractivity contribution in [3.05, 3.63) is 65.7 Å². The fourth-order valence-electron chi connectivity index (χ4n) is 3.21. The van der Waals surface area contributed by atoms with Crippen molar-refractivity contribution in [2.24, 2.45) is 11.8 Å². The third-order valence-electron chi connectivity index (χ3n) is 4.58. The third kappa shape index (κ3) is 4.15. The smallest absolute Gasteiger partial charge is 0.308 e. The zero-order valence-electron chi connectivity index (χ0n) is 13.9. The van der Waals surface area contributed by atoms with Crippen LogP contribution < -0.4 is 4.74 Å². The van der Waals surface area contributed by atoms with Crippen molar-refractivity contribution in [1.29, 1.82) is 0 Å². The molecule has 0 aliphatic carbocycles. The van der Waals surface area contributed by atoms with Gasteiger partial charge < -0.3 is 9.84 Å². The summed E-state index contributed by atoms with van der Waals surface area (Å²) in [6, 6.07) is 18.2. The molecule has 3 rings (SSSR count). The lowest BCUT2D eigenvalue weighted by atomic mass is 9.99. The number of ether oxygens (including phenoxy) is 1. The van der Waals surface area contributed by atoms with Gasteiger partial charge in [-0.2, -0.15) is 0 Å². The van der Waals surface area contributed by atoms with E-state index in [0.717, 1.165) is 24.4 Å². The standard InChI is InChI=1S/C20H23NO3/c1-15-11-21(13-19(15)20(22)23)12-16-7-9-18(10-8-16)24-14-17-5-3-2-4-6-17/h2-10,15,19H,11-14H2,1H3,(H,22,23)/t15-,19-/m1/s1. The van der Waals surface area contributed by atoms with Crippen LogP contribution >= 0.6 is 0 Å². The number of carboxylic acids is 1. The topological polar surface area (TPSA) is 49.8 Å². The Kier molecular flexibility index (Phi) is 5.16. The van der Waals surface area contributed by atoms with E-state index >= 15 is 0 Å². The van der Waals surface area contributed by atoms with Gasteiger partial charge in [0.2, 0.25) is 0 Å². The zero-order valence-corrected chi connectivity index (χ0v) is 13.9. The van der Waals surface area contributed by atoms with Crippen LogP contribution in [0.15, 0.2) is 54.6 Å². The van der Waals surface area contributed by atoms with Crippen LogP contribution in [0, 0.1) is 11.8 Å². The van der Waals surface area contributed by atoms with Gasteiger partial charge in [0.25, 0.3) is 0 Å². The molecule has 1 fully saturated rings. The van der Waals surface area contributed by atoms with E-state index < -0.39 is 5.97 Å². The summed E-state index contributed by atoms with van der Waals surface area (Å²) < 4.78 is 5.79. The maximum Gasteiger partial charge on any atom is 0.308 e. The summed E-state index contributed by atoms with van der Waals surface area (Å²) in [6.07, 6.45) is 0. The minimum atomic E-state index is -0.686. The SMILES string of the molecule is C[C@@H]1CN(Cc2ccc(OCc3ccccc3)cc2)C[C@H]1C(=O)O. The number of nitrogens with zero attached hydrogens (tertiary/aromatic N) is 1. The molecule has 0 aromatic heterocycles. The molecule has 0 saturated carbocycles. The number of hydrogen-bond acceptors (Lipinski definition) is 3. The summed E-state index contributed by atoms with van der Waals surface area (Å²) in [4.78, 5) is 13.4. The maximum absolute atomic E-state index is 11.2. The lowest BCUT2D eigenvalue weighted by Crippen LogP contribution is -2.23. The fraction of sp³-hybridized carbons (Fsp3) is 0.350. The number of carboxylic acid groups (broad SMARTS) is 1. The van der Waals surface area contributed by atoms with Gasteiger partial charge in [0.15, 0.2) is 0 Å². The van der Waals surface area contributed by atoms with Crippen LogP contribution in [0.25, 0.3) is 0 Å². The first-order valence-corrected chi connectivity index (χ1v) is 8.32. The van der Waals surface area contributed by atoms with E-state index in [2.05, 4.69) is 17.0 Å². The number of aliphatic carboxylic acids is 1. The predicted octanol–water partition coefficient (Wildman–Crippen LogP) is 3.42. The molecule has 1 heterocycles. The third-order valence-corrected chi connectivity index (χ3v) is 4.58. The Balaban J connectivity index is 1.52. The van der Waals surface area contributed by atoms with Crippen molar-refractivity contribution in [3.8, 4) is 5.75 Å². The molecular formula is C20H23NO3. The Morgan fingerprint density at radius 1 is 1.08 bits per heavy atom. The van der Waals surface area contributed by atoms with E-state index in [4.69, 9.17) is 4.74 Å². The van der Waals surface area contributed by atoms with Gasteiger partial charge in [0.1, 0.15) is 12.4 Å². The number of carbonyl (C=O) groups is 1. The second-order valence-electron chi connectivity index (χ2n) is 6.53. The molecule has 1 saturated heterocycles. The molecule has 1 aliphatic rings. The van der Waals surface area contributed by atoms with Gasteiger partial charge in [0.05, 0.1) is 5.92 Å². The minimum Gasteiger partial charge on any atom is -0.489 e. The molecule has 2 aromatic carbocycles. The van der Waals surface area contributed by atoms with Gasteiger partial charge in [-0.25, -0.2) is 0 Å². The van der Waals surface area contributed by atoms with Crippen LogP contribution in [0.1, 0.15) is 18.1 Å². The molecule has 126 valence electrons. The average Bonchev–Trinajstić information content (AvgIpc) is 2.96. The van der Waals surface area contributed by atoms with Crippen molar-refractivity contribution < 1.29 is 14.6 Å². The Hall–Kier alpha value is -2.33. The van der Waals surface area contributed by atoms with E-state index in [1.807, 2.05) is 49.4 Å². The first kappa shape index (κ1) is 16.5. The monoisotopic (exact) mass is 325 g/mol. The molecule has 4 heteroatoms. The normalized spacial score (nSPS) is 20.9. The van der Waals surface area contributed by atoms with E-state index in [1.54, 1.807) is 0 Å². The van der Waals surface area contributed by atoms with Crippen LogP contribution in [0.4, 0.5) is 0 Å². The minimum absolute atomic E-state index is 0.205. The summed E-state index contributed by atoms with van der Waals surface area (Å²) >= 11 is 0. The quantitative estimate of drug-likeness (QED) is 0.884. The van der Waals surface area contributed by atoms with Crippen LogP contribution in [0.2, 0.25) is 0 Å². The first-order valence-electron chi connectivity index (χ1n) is 8.32. The van der Waals surface area contributed by atoms with Crippen LogP contribution in [0.5, 0.6) is 5.75 Å². The number of likely N-dealkylation sites (tertiary alicyclic amines) is 1. The Morgan fingerprint density at radius 2 is 1.79 bits per heavy atom. The predicted molar refractivity (Wildman–Crippen MR) is 92.8 cm³/mol. The van der Waals surface area contributed by atoms with Gasteiger partial charge in [-0.15, -0.1) is 0 Å². The van der Waals surface area contributed by atoms with Crippen molar-refractivity contribution >= 4 is 5.97 Å². The molecule has 4 nitrogen and oxygen atoms in total. The molecule has 24 heavy (non-hydrogen) atoms. The first-order chi connectivity index (χ1) is 11.6. The van der Waals surface area contributed by atoms with Crippen molar-refractivity contribution in [1.82, 2.24) is 4.90 Å². The molecule has 0 unspecified atom stereocenters. The van der Waals surface area contributed by atoms with E-state index in [0.29, 0.717) is 13.2 Å². The fourth-order valence-corrected chi connectivity index (χ4v) is 3.21. The van der Waals surface area contributed by atoms with E-state index in [9.17, 15) is 9.90 Å². The summed E-state index contributed by atoms with van der Waals surface area (Å²) in [5.74, 6) is 0.116. The second kappa shape index (κ2) is 7.49. The lowest BCUT2D eigenvalue weighted by molar-refractivity contribution is -0.142. The highest BCUT2D eigenvalue weighted by molar-refractivity contribution is 5.71. The Morgan fingerprint density at radius 3 is 2.42 bits per heavy atom. The molecule has 1 N–H and O–H groups in total. The highest BCUT2D eigenvalue weighted by atomic mass is 16.5. The van der Waals surface area contributed by atoms with Crippen molar-refractivity contribution in [2.75, 3.05) is 13.1 Å². The molecular weight excluding hydrogens is 302 g/mol. The highest BCUT2D eigenvalue weighted by Crippen LogP contribution is 2.25. The average molecular weight is 325 g/mol. The van der Waals surface area contributed by atoms with Crippen molar-refractivity contribution in [3.63, 3.8) is 0 Å². The van der Waals surface area contributed by atoms with Crippen LogP contribution in [0.3, 0.4) is 0 Å². The summed E-state index contributed by atoms with van der Waals surface area (Å²) in [6.45, 7) is 4.82. The van der Waals surface area contributed by atoms with Gasteiger partial charge >= 0.3 is 5.97 Å². The molecule has 0 bridgehead atoms. The van der Waals surface area contributed by atoms with Gasteiger partial charge in [-0.3, -0.25) is 9.69 Å². The molecule has 1 aliphatic heterocycles. The Bertz CT molecular complexity index is 669. The molecule has 0 spiro atoms. The Labute approximate surface area is 142 Å².